The van der Waals surface area contributed by atoms with E-state index in [1.807, 2.05) is 12.3 Å². The Morgan fingerprint density at radius 2 is 1.92 bits per heavy atom. The van der Waals surface area contributed by atoms with Crippen molar-refractivity contribution in [2.24, 2.45) is 0 Å². The van der Waals surface area contributed by atoms with Gasteiger partial charge in [0.1, 0.15) is 17.2 Å². The number of benzene rings is 1. The summed E-state index contributed by atoms with van der Waals surface area (Å²) in [5.74, 6) is 0.0150. The second kappa shape index (κ2) is 9.90. The molecule has 1 aromatic carbocycles. The molecule has 4 heterocycles. The van der Waals surface area contributed by atoms with Gasteiger partial charge >= 0.3 is 0 Å². The highest BCUT2D eigenvalue weighted by molar-refractivity contribution is 7.13. The Bertz CT molecular complexity index is 1310. The number of nitrogens with zero attached hydrogens (tertiary/aromatic N) is 5. The van der Waals surface area contributed by atoms with Crippen molar-refractivity contribution >= 4 is 34.2 Å². The number of nitrogens with one attached hydrogen (secondary N) is 1. The third-order valence-corrected chi connectivity index (χ3v) is 6.73. The van der Waals surface area contributed by atoms with Crippen LogP contribution in [0.15, 0.2) is 36.0 Å². The Hall–Kier alpha value is -4.06. The number of hydrogen-bond acceptors (Lipinski definition) is 9. The van der Waals surface area contributed by atoms with E-state index in [1.165, 1.54) is 29.8 Å². The maximum Gasteiger partial charge on any atom is 0.274 e. The number of amides is 3. The summed E-state index contributed by atoms with van der Waals surface area (Å²) in [7, 11) is 1.72. The molecule has 0 radical (unpaired) electrons. The maximum absolute atomic E-state index is 13.0. The Balaban J connectivity index is 1.37. The van der Waals surface area contributed by atoms with E-state index in [-0.39, 0.29) is 34.7 Å². The predicted molar refractivity (Wildman–Crippen MR) is 131 cm³/mol. The quantitative estimate of drug-likeness (QED) is 0.516. The van der Waals surface area contributed by atoms with Gasteiger partial charge in [-0.2, -0.15) is 0 Å². The minimum atomic E-state index is -0.644. The average Bonchev–Trinajstić information content (AvgIpc) is 3.37. The van der Waals surface area contributed by atoms with Gasteiger partial charge in [-0.15, -0.1) is 11.3 Å². The first-order chi connectivity index (χ1) is 17.4. The van der Waals surface area contributed by atoms with Crippen LogP contribution in [-0.2, 0) is 4.79 Å². The van der Waals surface area contributed by atoms with Crippen molar-refractivity contribution in [1.82, 2.24) is 24.8 Å². The molecule has 1 N–H and O–H groups in total. The monoisotopic (exact) mass is 508 g/mol. The standard InChI is InChI=1S/C24H24N6O5S/c1-14-13-36-24(27-14)28-21(31)15-8-16(34-19-4-7-29(2)23(19)33)10-17(9-15)35-20-12-25-18(11-26-20)22(32)30-5-3-6-30/h8-13,19H,3-7H2,1-2H3,(H,27,28,31)/t19-/m1/s1. The van der Waals surface area contributed by atoms with E-state index in [4.69, 9.17) is 9.47 Å². The Kier molecular flexibility index (Phi) is 6.51. The summed E-state index contributed by atoms with van der Waals surface area (Å²) in [4.78, 5) is 53.5. The van der Waals surface area contributed by atoms with Crippen molar-refractivity contribution in [3.63, 3.8) is 0 Å². The van der Waals surface area contributed by atoms with Crippen molar-refractivity contribution in [1.29, 1.82) is 0 Å². The summed E-state index contributed by atoms with van der Waals surface area (Å²) in [6.07, 6.45) is 3.60. The Labute approximate surface area is 211 Å². The zero-order valence-electron chi connectivity index (χ0n) is 19.8. The molecule has 5 rings (SSSR count). The molecule has 36 heavy (non-hydrogen) atoms. The number of carbonyl (C=O) groups excluding carboxylic acids is 3. The fourth-order valence-electron chi connectivity index (χ4n) is 3.76. The van der Waals surface area contributed by atoms with E-state index in [9.17, 15) is 14.4 Å². The number of thiazole rings is 1. The van der Waals surface area contributed by atoms with E-state index in [0.717, 1.165) is 25.2 Å². The van der Waals surface area contributed by atoms with Crippen LogP contribution in [0.5, 0.6) is 17.4 Å². The highest BCUT2D eigenvalue weighted by atomic mass is 32.1. The summed E-state index contributed by atoms with van der Waals surface area (Å²) in [6, 6.07) is 4.66. The summed E-state index contributed by atoms with van der Waals surface area (Å²) in [6.45, 7) is 3.87. The molecule has 12 heteroatoms. The van der Waals surface area contributed by atoms with E-state index in [0.29, 0.717) is 23.8 Å². The van der Waals surface area contributed by atoms with Crippen molar-refractivity contribution in [2.45, 2.75) is 25.9 Å². The molecule has 3 amide bonds. The molecule has 186 valence electrons. The third-order valence-electron chi connectivity index (χ3n) is 5.85. The van der Waals surface area contributed by atoms with Gasteiger partial charge in [-0.25, -0.2) is 15.0 Å². The van der Waals surface area contributed by atoms with Crippen molar-refractivity contribution < 1.29 is 23.9 Å². The van der Waals surface area contributed by atoms with E-state index in [1.54, 1.807) is 29.0 Å². The predicted octanol–water partition coefficient (Wildman–Crippen LogP) is 2.74. The van der Waals surface area contributed by atoms with Crippen LogP contribution in [0.1, 0.15) is 39.4 Å². The molecule has 11 nitrogen and oxygen atoms in total. The summed E-state index contributed by atoms with van der Waals surface area (Å²) < 4.78 is 11.8. The first-order valence-electron chi connectivity index (χ1n) is 11.4. The van der Waals surface area contributed by atoms with Crippen LogP contribution in [0.2, 0.25) is 0 Å². The van der Waals surface area contributed by atoms with Gasteiger partial charge in [-0.05, 0) is 25.5 Å². The van der Waals surface area contributed by atoms with Gasteiger partial charge < -0.3 is 19.3 Å². The minimum Gasteiger partial charge on any atom is -0.480 e. The van der Waals surface area contributed by atoms with Crippen LogP contribution in [0.3, 0.4) is 0 Å². The molecule has 0 bridgehead atoms. The molecule has 2 aliphatic heterocycles. The fraction of sp³-hybridized carbons (Fsp3) is 0.333. The number of hydrogen-bond donors (Lipinski definition) is 1. The van der Waals surface area contributed by atoms with Crippen LogP contribution >= 0.6 is 11.3 Å². The third kappa shape index (κ3) is 5.13. The zero-order chi connectivity index (χ0) is 25.2. The molecular weight excluding hydrogens is 484 g/mol. The molecule has 2 fully saturated rings. The molecule has 2 aromatic heterocycles. The van der Waals surface area contributed by atoms with Crippen LogP contribution in [-0.4, -0.2) is 75.3 Å². The SMILES string of the molecule is Cc1csc(NC(=O)c2cc(Oc3cnc(C(=O)N4CCC4)cn3)cc(O[C@@H]3CCN(C)C3=O)c2)n1. The van der Waals surface area contributed by atoms with Crippen molar-refractivity contribution in [3.8, 4) is 17.4 Å². The number of anilines is 1. The zero-order valence-corrected chi connectivity index (χ0v) is 20.6. The van der Waals surface area contributed by atoms with Crippen LogP contribution in [0.4, 0.5) is 5.13 Å². The van der Waals surface area contributed by atoms with Gasteiger partial charge in [-0.3, -0.25) is 19.7 Å². The van der Waals surface area contributed by atoms with Gasteiger partial charge in [0.25, 0.3) is 17.7 Å². The topological polar surface area (TPSA) is 127 Å². The van der Waals surface area contributed by atoms with E-state index >= 15 is 0 Å². The molecule has 0 unspecified atom stereocenters. The summed E-state index contributed by atoms with van der Waals surface area (Å²) in [5.41, 5.74) is 1.29. The maximum atomic E-state index is 13.0. The Morgan fingerprint density at radius 1 is 1.11 bits per heavy atom. The average molecular weight is 509 g/mol. The number of ether oxygens (including phenoxy) is 2. The summed E-state index contributed by atoms with van der Waals surface area (Å²) >= 11 is 1.32. The number of carbonyl (C=O) groups is 3. The molecule has 1 atom stereocenters. The van der Waals surface area contributed by atoms with Gasteiger partial charge in [0.05, 0.1) is 18.1 Å². The lowest BCUT2D eigenvalue weighted by Gasteiger charge is -2.30. The number of likely N-dealkylation sites (tertiary alicyclic amines) is 2. The molecule has 0 spiro atoms. The van der Waals surface area contributed by atoms with Crippen molar-refractivity contribution in [3.05, 3.63) is 52.9 Å². The number of aromatic nitrogens is 3. The van der Waals surface area contributed by atoms with Crippen LogP contribution in [0.25, 0.3) is 0 Å². The highest BCUT2D eigenvalue weighted by Crippen LogP contribution is 2.29. The van der Waals surface area contributed by atoms with Crippen molar-refractivity contribution in [2.75, 3.05) is 32.0 Å². The van der Waals surface area contributed by atoms with E-state index < -0.39 is 12.0 Å². The highest BCUT2D eigenvalue weighted by Gasteiger charge is 2.31. The number of rotatable bonds is 7. The van der Waals surface area contributed by atoms with E-state index in [2.05, 4.69) is 20.3 Å². The first-order valence-corrected chi connectivity index (χ1v) is 12.3. The first kappa shape index (κ1) is 23.7. The van der Waals surface area contributed by atoms with Gasteiger partial charge in [-0.1, -0.05) is 0 Å². The lowest BCUT2D eigenvalue weighted by atomic mass is 10.2. The number of likely N-dealkylation sites (N-methyl/N-ethyl adjacent to an activating group) is 1. The van der Waals surface area contributed by atoms with Crippen LogP contribution < -0.4 is 14.8 Å². The summed E-state index contributed by atoms with van der Waals surface area (Å²) in [5, 5.41) is 5.06. The number of aryl methyl sites for hydroxylation is 1. The van der Waals surface area contributed by atoms with Gasteiger partial charge in [0.2, 0.25) is 5.88 Å². The lowest BCUT2D eigenvalue weighted by molar-refractivity contribution is -0.132. The molecule has 0 saturated carbocycles. The second-order valence-electron chi connectivity index (χ2n) is 8.58. The second-order valence-corrected chi connectivity index (χ2v) is 9.44. The van der Waals surface area contributed by atoms with Gasteiger partial charge in [0.15, 0.2) is 11.2 Å². The smallest absolute Gasteiger partial charge is 0.274 e. The minimum absolute atomic E-state index is 0.126. The largest absolute Gasteiger partial charge is 0.480 e. The Morgan fingerprint density at radius 3 is 2.53 bits per heavy atom. The molecular formula is C24H24N6O5S. The lowest BCUT2D eigenvalue weighted by Crippen LogP contribution is -2.42. The molecule has 2 aliphatic rings. The van der Waals surface area contributed by atoms with Gasteiger partial charge in [0, 0.05) is 50.1 Å². The normalized spacial score (nSPS) is 17.1. The molecule has 0 aliphatic carbocycles. The van der Waals surface area contributed by atoms with Crippen LogP contribution in [0, 0.1) is 6.92 Å². The fourth-order valence-corrected chi connectivity index (χ4v) is 4.44. The molecule has 3 aromatic rings. The molecule has 2 saturated heterocycles.